The van der Waals surface area contributed by atoms with E-state index < -0.39 is 32.3 Å². The van der Waals surface area contributed by atoms with Gasteiger partial charge in [0.05, 0.1) is 5.41 Å². The van der Waals surface area contributed by atoms with Crippen LogP contribution >= 0.6 is 0 Å². The molecule has 0 radical (unpaired) electrons. The molecule has 114 valence electrons. The highest BCUT2D eigenvalue weighted by molar-refractivity contribution is 7.96. The molecule has 0 saturated heterocycles. The number of carboxylic acids is 1. The lowest BCUT2D eigenvalue weighted by atomic mass is 9.74. The smallest absolute Gasteiger partial charge is 0.311 e. The summed E-state index contributed by atoms with van der Waals surface area (Å²) in [5, 5.41) is 7.94. The summed E-state index contributed by atoms with van der Waals surface area (Å²) in [6, 6.07) is 0. The third-order valence-corrected chi connectivity index (χ3v) is 6.80. The molecular formula is C14H22O5S. The fourth-order valence-corrected chi connectivity index (χ4v) is 5.59. The molecule has 0 amide bonds. The molecule has 2 atom stereocenters. The summed E-state index contributed by atoms with van der Waals surface area (Å²) in [6.45, 7) is 6.40. The largest absolute Gasteiger partial charge is 0.481 e. The Labute approximate surface area is 120 Å². The number of ketones is 1. The number of allylic oxidation sites excluding steroid dienone is 2. The first-order valence-corrected chi connectivity index (χ1v) is 8.30. The van der Waals surface area contributed by atoms with E-state index in [-0.39, 0.29) is 24.2 Å². The van der Waals surface area contributed by atoms with Crippen LogP contribution in [0.4, 0.5) is 0 Å². The van der Waals surface area contributed by atoms with Gasteiger partial charge < -0.3 is 5.11 Å². The molecule has 0 heterocycles. The summed E-state index contributed by atoms with van der Waals surface area (Å²) in [5.74, 6) is -1.70. The van der Waals surface area contributed by atoms with Crippen molar-refractivity contribution in [1.29, 1.82) is 0 Å². The average Bonchev–Trinajstić information content (AvgIpc) is 2.27. The molecule has 1 rings (SSSR count). The molecule has 0 bridgehead atoms. The van der Waals surface area contributed by atoms with Gasteiger partial charge in [-0.25, -0.2) is 8.42 Å². The SMILES string of the molecule is CCC(=C(C)C)S(=O)(=O)C1C(=O)CCCC1(C)C(=O)O. The number of carbonyl (C=O) groups excluding carboxylic acids is 1. The third-order valence-electron chi connectivity index (χ3n) is 4.01. The predicted molar refractivity (Wildman–Crippen MR) is 76.0 cm³/mol. The Kier molecular flexibility index (Phi) is 4.79. The van der Waals surface area contributed by atoms with Gasteiger partial charge in [-0.3, -0.25) is 9.59 Å². The Morgan fingerprint density at radius 3 is 2.35 bits per heavy atom. The van der Waals surface area contributed by atoms with Crippen molar-refractivity contribution >= 4 is 21.6 Å². The molecule has 1 aliphatic carbocycles. The van der Waals surface area contributed by atoms with Crippen LogP contribution in [0.2, 0.25) is 0 Å². The highest BCUT2D eigenvalue weighted by atomic mass is 32.2. The number of carboxylic acid groups (broad SMARTS) is 1. The molecule has 1 saturated carbocycles. The van der Waals surface area contributed by atoms with Crippen LogP contribution in [0.25, 0.3) is 0 Å². The molecule has 0 aromatic rings. The topological polar surface area (TPSA) is 88.5 Å². The van der Waals surface area contributed by atoms with Gasteiger partial charge in [0.2, 0.25) is 0 Å². The van der Waals surface area contributed by atoms with Crippen LogP contribution in [0.3, 0.4) is 0 Å². The average molecular weight is 302 g/mol. The third kappa shape index (κ3) is 2.66. The van der Waals surface area contributed by atoms with Crippen molar-refractivity contribution in [3.63, 3.8) is 0 Å². The second kappa shape index (κ2) is 5.68. The molecule has 1 aliphatic rings. The van der Waals surface area contributed by atoms with Crippen molar-refractivity contribution < 1.29 is 23.1 Å². The van der Waals surface area contributed by atoms with Crippen LogP contribution in [0.15, 0.2) is 10.5 Å². The molecule has 20 heavy (non-hydrogen) atoms. The zero-order chi connectivity index (χ0) is 15.7. The molecule has 1 N–H and O–H groups in total. The summed E-state index contributed by atoms with van der Waals surface area (Å²) < 4.78 is 25.5. The van der Waals surface area contributed by atoms with Crippen molar-refractivity contribution in [2.24, 2.45) is 5.41 Å². The maximum Gasteiger partial charge on any atom is 0.311 e. The van der Waals surface area contributed by atoms with Gasteiger partial charge in [0.15, 0.2) is 15.6 Å². The van der Waals surface area contributed by atoms with E-state index in [0.29, 0.717) is 12.0 Å². The lowest BCUT2D eigenvalue weighted by Gasteiger charge is -2.36. The molecule has 0 aromatic heterocycles. The van der Waals surface area contributed by atoms with Crippen molar-refractivity contribution in [3.8, 4) is 0 Å². The van der Waals surface area contributed by atoms with Crippen molar-refractivity contribution in [2.75, 3.05) is 0 Å². The number of sulfone groups is 1. The predicted octanol–water partition coefficient (Wildman–Crippen LogP) is 2.32. The molecule has 2 unspecified atom stereocenters. The van der Waals surface area contributed by atoms with Crippen LogP contribution in [-0.2, 0) is 19.4 Å². The van der Waals surface area contributed by atoms with Gasteiger partial charge in [-0.1, -0.05) is 12.5 Å². The maximum atomic E-state index is 12.7. The summed E-state index contributed by atoms with van der Waals surface area (Å²) in [4.78, 5) is 23.9. The van der Waals surface area contributed by atoms with Crippen LogP contribution in [0, 0.1) is 5.41 Å². The number of aliphatic carboxylic acids is 1. The number of carbonyl (C=O) groups is 2. The molecule has 6 heteroatoms. The van der Waals surface area contributed by atoms with Gasteiger partial charge in [0, 0.05) is 11.3 Å². The molecule has 0 aromatic carbocycles. The van der Waals surface area contributed by atoms with Crippen LogP contribution < -0.4 is 0 Å². The summed E-state index contributed by atoms with van der Waals surface area (Å²) >= 11 is 0. The lowest BCUT2D eigenvalue weighted by Crippen LogP contribution is -2.52. The standard InChI is InChI=1S/C14H22O5S/c1-5-11(9(2)3)20(18,19)12-10(15)7-6-8-14(12,4)13(16)17/h12H,5-8H2,1-4H3,(H,16,17). The Hall–Kier alpha value is -1.17. The maximum absolute atomic E-state index is 12.7. The minimum atomic E-state index is -3.93. The molecule has 1 fully saturated rings. The van der Waals surface area contributed by atoms with E-state index >= 15 is 0 Å². The minimum Gasteiger partial charge on any atom is -0.481 e. The fourth-order valence-electron chi connectivity index (χ4n) is 2.96. The van der Waals surface area contributed by atoms with Gasteiger partial charge in [0.1, 0.15) is 5.25 Å². The minimum absolute atomic E-state index is 0.131. The second-order valence-electron chi connectivity index (χ2n) is 5.74. The Morgan fingerprint density at radius 1 is 1.40 bits per heavy atom. The van der Waals surface area contributed by atoms with Gasteiger partial charge in [-0.2, -0.15) is 0 Å². The Morgan fingerprint density at radius 2 is 1.95 bits per heavy atom. The van der Waals surface area contributed by atoms with Crippen molar-refractivity contribution in [3.05, 3.63) is 10.5 Å². The van der Waals surface area contributed by atoms with Gasteiger partial charge in [0.25, 0.3) is 0 Å². The highest BCUT2D eigenvalue weighted by Gasteiger charge is 2.54. The molecular weight excluding hydrogens is 280 g/mol. The van der Waals surface area contributed by atoms with E-state index in [9.17, 15) is 23.1 Å². The number of rotatable bonds is 4. The summed E-state index contributed by atoms with van der Waals surface area (Å²) in [5.41, 5.74) is -0.928. The van der Waals surface area contributed by atoms with Crippen LogP contribution in [-0.4, -0.2) is 30.5 Å². The normalized spacial score (nSPS) is 27.2. The molecule has 0 spiro atoms. The van der Waals surface area contributed by atoms with Crippen molar-refractivity contribution in [2.45, 2.75) is 58.6 Å². The highest BCUT2D eigenvalue weighted by Crippen LogP contribution is 2.41. The summed E-state index contributed by atoms with van der Waals surface area (Å²) in [6.07, 6.45) is 1.03. The van der Waals surface area contributed by atoms with E-state index in [1.54, 1.807) is 20.8 Å². The number of hydrogen-bond acceptors (Lipinski definition) is 4. The number of hydrogen-bond donors (Lipinski definition) is 1. The second-order valence-corrected chi connectivity index (χ2v) is 7.80. The molecule has 5 nitrogen and oxygen atoms in total. The lowest BCUT2D eigenvalue weighted by molar-refractivity contribution is -0.152. The zero-order valence-electron chi connectivity index (χ0n) is 12.4. The first-order valence-electron chi connectivity index (χ1n) is 6.75. The molecule has 0 aliphatic heterocycles. The quantitative estimate of drug-likeness (QED) is 0.861. The van der Waals surface area contributed by atoms with E-state index in [0.717, 1.165) is 0 Å². The first-order chi connectivity index (χ1) is 9.09. The Balaban J connectivity index is 3.49. The van der Waals surface area contributed by atoms with E-state index in [2.05, 4.69) is 0 Å². The Bertz CT molecular complexity index is 554. The van der Waals surface area contributed by atoms with Crippen LogP contribution in [0.1, 0.15) is 53.4 Å². The van der Waals surface area contributed by atoms with E-state index in [4.69, 9.17) is 0 Å². The van der Waals surface area contributed by atoms with E-state index in [1.165, 1.54) is 6.92 Å². The van der Waals surface area contributed by atoms with Crippen LogP contribution in [0.5, 0.6) is 0 Å². The monoisotopic (exact) mass is 302 g/mol. The fraction of sp³-hybridized carbons (Fsp3) is 0.714. The van der Waals surface area contributed by atoms with Gasteiger partial charge in [-0.15, -0.1) is 0 Å². The summed E-state index contributed by atoms with van der Waals surface area (Å²) in [7, 11) is -3.93. The first kappa shape index (κ1) is 16.9. The zero-order valence-corrected chi connectivity index (χ0v) is 13.2. The van der Waals surface area contributed by atoms with E-state index in [1.807, 2.05) is 0 Å². The van der Waals surface area contributed by atoms with Gasteiger partial charge >= 0.3 is 5.97 Å². The van der Waals surface area contributed by atoms with Gasteiger partial charge in [-0.05, 0) is 40.0 Å². The van der Waals surface area contributed by atoms with Crippen molar-refractivity contribution in [1.82, 2.24) is 0 Å². The number of Topliss-reactive ketones (excluding diaryl/α,β-unsaturated/α-hetero) is 1.